The highest BCUT2D eigenvalue weighted by Gasteiger charge is 2.25. The van der Waals surface area contributed by atoms with Gasteiger partial charge in [0.25, 0.3) is 0 Å². The number of anilines is 1. The summed E-state index contributed by atoms with van der Waals surface area (Å²) in [6.07, 6.45) is 6.59. The van der Waals surface area contributed by atoms with E-state index in [2.05, 4.69) is 35.6 Å². The Morgan fingerprint density at radius 1 is 0.875 bits per heavy atom. The monoisotopic (exact) mass is 325 g/mol. The highest BCUT2D eigenvalue weighted by Crippen LogP contribution is 2.37. The third kappa shape index (κ3) is 4.02. The Bertz CT molecular complexity index is 633. The molecule has 128 valence electrons. The van der Waals surface area contributed by atoms with Crippen molar-refractivity contribution in [1.29, 1.82) is 0 Å². The second-order valence-electron chi connectivity index (χ2n) is 6.53. The van der Waals surface area contributed by atoms with Gasteiger partial charge in [-0.05, 0) is 60.7 Å². The van der Waals surface area contributed by atoms with Gasteiger partial charge in [0.1, 0.15) is 11.5 Å². The van der Waals surface area contributed by atoms with Gasteiger partial charge in [-0.25, -0.2) is 0 Å². The van der Waals surface area contributed by atoms with Crippen molar-refractivity contribution in [3.63, 3.8) is 0 Å². The molecule has 0 aliphatic heterocycles. The molecule has 0 radical (unpaired) electrons. The van der Waals surface area contributed by atoms with Crippen LogP contribution in [0.25, 0.3) is 0 Å². The molecular formula is C21H27NO2. The van der Waals surface area contributed by atoms with E-state index in [1.165, 1.54) is 37.7 Å². The second kappa shape index (κ2) is 8.09. The van der Waals surface area contributed by atoms with Gasteiger partial charge in [0.15, 0.2) is 0 Å². The molecule has 1 aliphatic rings. The fourth-order valence-corrected chi connectivity index (χ4v) is 3.64. The van der Waals surface area contributed by atoms with Crippen LogP contribution in [-0.2, 0) is 0 Å². The Balaban J connectivity index is 1.85. The van der Waals surface area contributed by atoms with Crippen LogP contribution in [0.2, 0.25) is 0 Å². The van der Waals surface area contributed by atoms with Gasteiger partial charge in [0.05, 0.1) is 20.3 Å². The van der Waals surface area contributed by atoms with Crippen molar-refractivity contribution in [2.45, 2.75) is 38.1 Å². The molecule has 3 heteroatoms. The normalized spacial score (nSPS) is 16.4. The maximum atomic E-state index is 5.43. The van der Waals surface area contributed by atoms with Crippen LogP contribution in [0.3, 0.4) is 0 Å². The van der Waals surface area contributed by atoms with Crippen molar-refractivity contribution in [2.24, 2.45) is 5.92 Å². The van der Waals surface area contributed by atoms with Crippen molar-refractivity contribution in [1.82, 2.24) is 0 Å². The molecule has 0 spiro atoms. The Labute approximate surface area is 145 Å². The quantitative estimate of drug-likeness (QED) is 0.767. The van der Waals surface area contributed by atoms with Crippen molar-refractivity contribution in [2.75, 3.05) is 19.5 Å². The van der Waals surface area contributed by atoms with Crippen molar-refractivity contribution >= 4 is 5.69 Å². The average molecular weight is 325 g/mol. The lowest BCUT2D eigenvalue weighted by molar-refractivity contribution is 0.320. The first-order valence-electron chi connectivity index (χ1n) is 8.84. The zero-order valence-corrected chi connectivity index (χ0v) is 14.6. The number of benzene rings is 2. The van der Waals surface area contributed by atoms with Crippen LogP contribution < -0.4 is 14.8 Å². The smallest absolute Gasteiger partial charge is 0.119 e. The highest BCUT2D eigenvalue weighted by atomic mass is 16.5. The van der Waals surface area contributed by atoms with Gasteiger partial charge in [0.2, 0.25) is 0 Å². The summed E-state index contributed by atoms with van der Waals surface area (Å²) < 4.78 is 10.7. The molecule has 0 amide bonds. The summed E-state index contributed by atoms with van der Waals surface area (Å²) in [5.41, 5.74) is 2.44. The van der Waals surface area contributed by atoms with E-state index in [1.54, 1.807) is 14.2 Å². The summed E-state index contributed by atoms with van der Waals surface area (Å²) in [5.74, 6) is 2.47. The summed E-state index contributed by atoms with van der Waals surface area (Å²) in [7, 11) is 3.43. The number of rotatable bonds is 6. The van der Waals surface area contributed by atoms with Crippen LogP contribution in [0, 0.1) is 5.92 Å². The molecule has 1 saturated carbocycles. The van der Waals surface area contributed by atoms with Crippen LogP contribution in [-0.4, -0.2) is 14.2 Å². The van der Waals surface area contributed by atoms with E-state index in [0.717, 1.165) is 17.2 Å². The minimum absolute atomic E-state index is 0.314. The lowest BCUT2D eigenvalue weighted by Crippen LogP contribution is -2.23. The lowest BCUT2D eigenvalue weighted by atomic mass is 9.81. The van der Waals surface area contributed by atoms with Crippen LogP contribution >= 0.6 is 0 Å². The van der Waals surface area contributed by atoms with Crippen LogP contribution in [0.1, 0.15) is 43.7 Å². The van der Waals surface area contributed by atoms with Gasteiger partial charge in [-0.3, -0.25) is 0 Å². The fourth-order valence-electron chi connectivity index (χ4n) is 3.64. The van der Waals surface area contributed by atoms with Crippen molar-refractivity contribution in [3.8, 4) is 11.5 Å². The molecule has 24 heavy (non-hydrogen) atoms. The number of hydrogen-bond donors (Lipinski definition) is 1. The fraction of sp³-hybridized carbons (Fsp3) is 0.429. The maximum Gasteiger partial charge on any atom is 0.119 e. The van der Waals surface area contributed by atoms with E-state index in [4.69, 9.17) is 9.47 Å². The minimum Gasteiger partial charge on any atom is -0.497 e. The molecule has 1 N–H and O–H groups in total. The van der Waals surface area contributed by atoms with Gasteiger partial charge in [-0.1, -0.05) is 31.4 Å². The standard InChI is InChI=1S/C21H27NO2/c1-23-19-13-11-18(12-14-19)22-21(16-7-4-3-5-8-16)17-9-6-10-20(15-17)24-2/h6,9-16,21-22H,3-5,7-8H2,1-2H3. The molecule has 1 unspecified atom stereocenters. The largest absolute Gasteiger partial charge is 0.497 e. The summed E-state index contributed by atoms with van der Waals surface area (Å²) >= 11 is 0. The van der Waals surface area contributed by atoms with E-state index in [-0.39, 0.29) is 0 Å². The first-order chi connectivity index (χ1) is 11.8. The third-order valence-corrected chi connectivity index (χ3v) is 4.99. The maximum absolute atomic E-state index is 5.43. The SMILES string of the molecule is COc1ccc(NC(c2cccc(OC)c2)C2CCCCC2)cc1. The summed E-state index contributed by atoms with van der Waals surface area (Å²) in [6.45, 7) is 0. The molecule has 0 heterocycles. The molecule has 0 aromatic heterocycles. The van der Waals surface area contributed by atoms with Gasteiger partial charge in [0, 0.05) is 5.69 Å². The number of nitrogens with one attached hydrogen (secondary N) is 1. The van der Waals surface area contributed by atoms with Crippen LogP contribution in [0.15, 0.2) is 48.5 Å². The van der Waals surface area contributed by atoms with E-state index < -0.39 is 0 Å². The van der Waals surface area contributed by atoms with Gasteiger partial charge < -0.3 is 14.8 Å². The van der Waals surface area contributed by atoms with E-state index in [0.29, 0.717) is 12.0 Å². The zero-order chi connectivity index (χ0) is 16.8. The molecule has 2 aromatic carbocycles. The summed E-state index contributed by atoms with van der Waals surface area (Å²) in [5, 5.41) is 3.76. The van der Waals surface area contributed by atoms with Crippen molar-refractivity contribution < 1.29 is 9.47 Å². The Morgan fingerprint density at radius 2 is 1.58 bits per heavy atom. The van der Waals surface area contributed by atoms with E-state index in [9.17, 15) is 0 Å². The molecule has 3 nitrogen and oxygen atoms in total. The molecule has 1 aliphatic carbocycles. The topological polar surface area (TPSA) is 30.5 Å². The molecule has 0 bridgehead atoms. The van der Waals surface area contributed by atoms with Gasteiger partial charge in [-0.2, -0.15) is 0 Å². The minimum atomic E-state index is 0.314. The first-order valence-corrected chi connectivity index (χ1v) is 8.84. The average Bonchev–Trinajstić information content (AvgIpc) is 2.67. The Morgan fingerprint density at radius 3 is 2.25 bits per heavy atom. The predicted octanol–water partition coefficient (Wildman–Crippen LogP) is 5.44. The highest BCUT2D eigenvalue weighted by molar-refractivity contribution is 5.49. The second-order valence-corrected chi connectivity index (χ2v) is 6.53. The van der Waals surface area contributed by atoms with Crippen molar-refractivity contribution in [3.05, 3.63) is 54.1 Å². The first kappa shape index (κ1) is 16.7. The summed E-state index contributed by atoms with van der Waals surface area (Å²) in [6, 6.07) is 17.0. The van der Waals surface area contributed by atoms with Gasteiger partial charge >= 0.3 is 0 Å². The number of methoxy groups -OCH3 is 2. The third-order valence-electron chi connectivity index (χ3n) is 4.99. The molecule has 1 atom stereocenters. The molecule has 1 fully saturated rings. The van der Waals surface area contributed by atoms with E-state index >= 15 is 0 Å². The summed E-state index contributed by atoms with van der Waals surface area (Å²) in [4.78, 5) is 0. The van der Waals surface area contributed by atoms with E-state index in [1.807, 2.05) is 18.2 Å². The molecular weight excluding hydrogens is 298 g/mol. The van der Waals surface area contributed by atoms with Crippen LogP contribution in [0.5, 0.6) is 11.5 Å². The number of hydrogen-bond acceptors (Lipinski definition) is 3. The Kier molecular flexibility index (Phi) is 5.63. The Hall–Kier alpha value is -2.16. The lowest BCUT2D eigenvalue weighted by Gasteiger charge is -2.32. The molecule has 3 rings (SSSR count). The molecule has 0 saturated heterocycles. The zero-order valence-electron chi connectivity index (χ0n) is 14.6. The van der Waals surface area contributed by atoms with Crippen LogP contribution in [0.4, 0.5) is 5.69 Å². The predicted molar refractivity (Wildman–Crippen MR) is 98.9 cm³/mol. The van der Waals surface area contributed by atoms with Gasteiger partial charge in [-0.15, -0.1) is 0 Å². The number of ether oxygens (including phenoxy) is 2. The molecule has 2 aromatic rings.